The fourth-order valence-electron chi connectivity index (χ4n) is 2.41. The van der Waals surface area contributed by atoms with Gasteiger partial charge < -0.3 is 26.4 Å². The van der Waals surface area contributed by atoms with Crippen LogP contribution in [0.1, 0.15) is 16.8 Å². The molecule has 0 aliphatic carbocycles. The predicted molar refractivity (Wildman–Crippen MR) is 108 cm³/mol. The summed E-state index contributed by atoms with van der Waals surface area (Å²) in [5.74, 6) is 0.141. The number of amides is 2. The quantitative estimate of drug-likeness (QED) is 0.526. The van der Waals surface area contributed by atoms with Gasteiger partial charge in [0.25, 0.3) is 5.91 Å². The second kappa shape index (κ2) is 10.4. The van der Waals surface area contributed by atoms with Gasteiger partial charge in [0.15, 0.2) is 0 Å². The molecular formula is C19H23ClN4O3. The van der Waals surface area contributed by atoms with E-state index in [-0.39, 0.29) is 18.2 Å². The maximum absolute atomic E-state index is 12.3. The molecule has 0 saturated heterocycles. The predicted octanol–water partition coefficient (Wildman–Crippen LogP) is 2.48. The van der Waals surface area contributed by atoms with Crippen LogP contribution in [0.3, 0.4) is 0 Å². The van der Waals surface area contributed by atoms with Crippen molar-refractivity contribution in [1.82, 2.24) is 5.32 Å². The van der Waals surface area contributed by atoms with Gasteiger partial charge >= 0.3 is 0 Å². The van der Waals surface area contributed by atoms with Crippen LogP contribution in [0.5, 0.6) is 5.75 Å². The highest BCUT2D eigenvalue weighted by atomic mass is 35.5. The fraction of sp³-hybridized carbons (Fsp3) is 0.263. The van der Waals surface area contributed by atoms with Gasteiger partial charge in [-0.1, -0.05) is 23.7 Å². The summed E-state index contributed by atoms with van der Waals surface area (Å²) in [6, 6.07) is 12.0. The van der Waals surface area contributed by atoms with Crippen molar-refractivity contribution in [3.8, 4) is 5.75 Å². The van der Waals surface area contributed by atoms with E-state index in [2.05, 4.69) is 16.0 Å². The highest BCUT2D eigenvalue weighted by Gasteiger charge is 2.12. The van der Waals surface area contributed by atoms with Crippen LogP contribution < -0.4 is 26.4 Å². The van der Waals surface area contributed by atoms with Crippen molar-refractivity contribution in [2.75, 3.05) is 37.4 Å². The molecule has 2 rings (SSSR count). The zero-order valence-corrected chi connectivity index (χ0v) is 15.8. The molecule has 0 fully saturated rings. The number of para-hydroxylation sites is 1. The van der Waals surface area contributed by atoms with Gasteiger partial charge in [0.1, 0.15) is 5.75 Å². The largest absolute Gasteiger partial charge is 0.495 e. The average molecular weight is 391 g/mol. The number of hydrogen-bond donors (Lipinski definition) is 4. The molecule has 5 N–H and O–H groups in total. The molecule has 0 heterocycles. The summed E-state index contributed by atoms with van der Waals surface area (Å²) in [5.41, 5.74) is 6.95. The minimum Gasteiger partial charge on any atom is -0.495 e. The van der Waals surface area contributed by atoms with E-state index in [1.54, 1.807) is 49.6 Å². The Hall–Kier alpha value is -2.77. The first kappa shape index (κ1) is 20.5. The highest BCUT2D eigenvalue weighted by molar-refractivity contribution is 6.30. The van der Waals surface area contributed by atoms with Crippen LogP contribution in [0.25, 0.3) is 0 Å². The number of carbonyl (C=O) groups excluding carboxylic acids is 2. The Balaban J connectivity index is 1.93. The number of nitrogens with two attached hydrogens (primary N) is 1. The first-order valence-electron chi connectivity index (χ1n) is 8.49. The third kappa shape index (κ3) is 6.16. The molecule has 0 atom stereocenters. The van der Waals surface area contributed by atoms with Crippen LogP contribution in [-0.4, -0.2) is 38.6 Å². The molecule has 0 radical (unpaired) electrons. The number of anilines is 2. The molecule has 0 spiro atoms. The van der Waals surface area contributed by atoms with Crippen molar-refractivity contribution in [3.05, 3.63) is 53.1 Å². The van der Waals surface area contributed by atoms with Crippen LogP contribution in [0.2, 0.25) is 5.02 Å². The van der Waals surface area contributed by atoms with Crippen molar-refractivity contribution in [2.24, 2.45) is 5.73 Å². The molecule has 27 heavy (non-hydrogen) atoms. The Labute approximate surface area is 163 Å². The van der Waals surface area contributed by atoms with Crippen LogP contribution >= 0.6 is 11.6 Å². The lowest BCUT2D eigenvalue weighted by Crippen LogP contribution is -2.30. The molecule has 0 aromatic heterocycles. The minimum absolute atomic E-state index is 0.203. The number of hydrogen-bond acceptors (Lipinski definition) is 5. The third-order valence-corrected chi connectivity index (χ3v) is 3.94. The number of carbonyl (C=O) groups is 2. The molecule has 0 aliphatic rings. The van der Waals surface area contributed by atoms with Gasteiger partial charge in [0.2, 0.25) is 5.91 Å². The van der Waals surface area contributed by atoms with Gasteiger partial charge in [-0.15, -0.1) is 0 Å². The van der Waals surface area contributed by atoms with E-state index < -0.39 is 0 Å². The smallest absolute Gasteiger partial charge is 0.253 e. The van der Waals surface area contributed by atoms with E-state index in [0.29, 0.717) is 47.3 Å². The van der Waals surface area contributed by atoms with E-state index >= 15 is 0 Å². The number of halogens is 1. The van der Waals surface area contributed by atoms with Crippen molar-refractivity contribution in [2.45, 2.75) is 6.42 Å². The van der Waals surface area contributed by atoms with Gasteiger partial charge in [-0.25, -0.2) is 0 Å². The molecule has 2 amide bonds. The summed E-state index contributed by atoms with van der Waals surface area (Å²) < 4.78 is 5.25. The van der Waals surface area contributed by atoms with Gasteiger partial charge in [-0.2, -0.15) is 0 Å². The van der Waals surface area contributed by atoms with Crippen LogP contribution in [0.15, 0.2) is 42.5 Å². The first-order valence-corrected chi connectivity index (χ1v) is 8.87. The second-order valence-electron chi connectivity index (χ2n) is 5.66. The fourth-order valence-corrected chi connectivity index (χ4v) is 2.58. The van der Waals surface area contributed by atoms with Crippen LogP contribution in [-0.2, 0) is 4.79 Å². The first-order chi connectivity index (χ1) is 13.0. The lowest BCUT2D eigenvalue weighted by atomic mass is 10.1. The van der Waals surface area contributed by atoms with Crippen molar-refractivity contribution in [1.29, 1.82) is 0 Å². The topological polar surface area (TPSA) is 105 Å². The maximum Gasteiger partial charge on any atom is 0.253 e. The summed E-state index contributed by atoms with van der Waals surface area (Å²) in [4.78, 5) is 24.4. The lowest BCUT2D eigenvalue weighted by Gasteiger charge is -2.13. The SMILES string of the molecule is COc1ccc(Cl)cc1NCCC(=O)Nc1ccccc1C(=O)NCCN. The maximum atomic E-state index is 12.3. The van der Waals surface area contributed by atoms with Gasteiger partial charge in [-0.05, 0) is 30.3 Å². The number of methoxy groups -OCH3 is 1. The monoisotopic (exact) mass is 390 g/mol. The molecule has 0 bridgehead atoms. The zero-order chi connectivity index (χ0) is 19.6. The molecule has 0 aliphatic heterocycles. The molecule has 7 nitrogen and oxygen atoms in total. The Kier molecular flexibility index (Phi) is 7.91. The molecule has 0 saturated carbocycles. The molecular weight excluding hydrogens is 368 g/mol. The second-order valence-corrected chi connectivity index (χ2v) is 6.10. The molecule has 0 unspecified atom stereocenters. The summed E-state index contributed by atoms with van der Waals surface area (Å²) >= 11 is 5.99. The Morgan fingerprint density at radius 2 is 1.89 bits per heavy atom. The number of benzene rings is 2. The van der Waals surface area contributed by atoms with Crippen LogP contribution in [0, 0.1) is 0 Å². The van der Waals surface area contributed by atoms with E-state index in [1.807, 2.05) is 0 Å². The van der Waals surface area contributed by atoms with E-state index in [0.717, 1.165) is 0 Å². The number of rotatable bonds is 9. The Morgan fingerprint density at radius 3 is 2.63 bits per heavy atom. The zero-order valence-electron chi connectivity index (χ0n) is 15.0. The Morgan fingerprint density at radius 1 is 1.11 bits per heavy atom. The average Bonchev–Trinajstić information content (AvgIpc) is 2.66. The van der Waals surface area contributed by atoms with Crippen LogP contribution in [0.4, 0.5) is 11.4 Å². The summed E-state index contributed by atoms with van der Waals surface area (Å²) in [5, 5.41) is 9.15. The van der Waals surface area contributed by atoms with E-state index in [4.69, 9.17) is 22.1 Å². The van der Waals surface area contributed by atoms with E-state index in [9.17, 15) is 9.59 Å². The lowest BCUT2D eigenvalue weighted by molar-refractivity contribution is -0.115. The van der Waals surface area contributed by atoms with Crippen molar-refractivity contribution < 1.29 is 14.3 Å². The molecule has 2 aromatic carbocycles. The minimum atomic E-state index is -0.280. The van der Waals surface area contributed by atoms with E-state index in [1.165, 1.54) is 0 Å². The van der Waals surface area contributed by atoms with Gasteiger partial charge in [0, 0.05) is 31.1 Å². The van der Waals surface area contributed by atoms with Crippen molar-refractivity contribution >= 4 is 34.8 Å². The normalized spacial score (nSPS) is 10.2. The molecule has 144 valence electrons. The number of ether oxygens (including phenoxy) is 1. The summed E-state index contributed by atoms with van der Waals surface area (Å²) in [6.45, 7) is 1.09. The molecule has 2 aromatic rings. The highest BCUT2D eigenvalue weighted by Crippen LogP contribution is 2.27. The standard InChI is InChI=1S/C19H23ClN4O3/c1-27-17-7-6-13(20)12-16(17)22-10-8-18(25)24-15-5-3-2-4-14(15)19(26)23-11-9-21/h2-7,12,22H,8-11,21H2,1H3,(H,23,26)(H,24,25). The van der Waals surface area contributed by atoms with Gasteiger partial charge in [0.05, 0.1) is 24.0 Å². The molecule has 8 heteroatoms. The van der Waals surface area contributed by atoms with Gasteiger partial charge in [-0.3, -0.25) is 9.59 Å². The summed E-state index contributed by atoms with van der Waals surface area (Å²) in [6.07, 6.45) is 0.203. The van der Waals surface area contributed by atoms with Crippen molar-refractivity contribution in [3.63, 3.8) is 0 Å². The Bertz CT molecular complexity index is 798. The third-order valence-electron chi connectivity index (χ3n) is 3.70. The summed E-state index contributed by atoms with van der Waals surface area (Å²) in [7, 11) is 1.56. The number of nitrogens with one attached hydrogen (secondary N) is 3.